The number of carbonyl (C=O) groups is 2. The number of ether oxygens (including phenoxy) is 1. The first-order valence-electron chi connectivity index (χ1n) is 8.67. The minimum absolute atomic E-state index is 0.237. The molecule has 3 rings (SSSR count). The van der Waals surface area contributed by atoms with E-state index in [0.29, 0.717) is 22.7 Å². The molecule has 1 N–H and O–H groups in total. The molecule has 134 valence electrons. The number of rotatable bonds is 6. The number of amides is 1. The normalized spacial score (nSPS) is 10.7. The lowest BCUT2D eigenvalue weighted by atomic mass is 10.1. The summed E-state index contributed by atoms with van der Waals surface area (Å²) in [5, 5.41) is 4.22. The van der Waals surface area contributed by atoms with E-state index in [2.05, 4.69) is 5.32 Å². The van der Waals surface area contributed by atoms with Crippen molar-refractivity contribution in [1.82, 2.24) is 0 Å². The van der Waals surface area contributed by atoms with Crippen LogP contribution in [0.2, 0.25) is 0 Å². The van der Waals surface area contributed by atoms with E-state index < -0.39 is 5.97 Å². The summed E-state index contributed by atoms with van der Waals surface area (Å²) in [5.74, 6) is -0.630. The van der Waals surface area contributed by atoms with Crippen molar-refractivity contribution in [3.05, 3.63) is 65.2 Å². The molecule has 0 aliphatic rings. The minimum Gasteiger partial charge on any atom is -0.462 e. The van der Waals surface area contributed by atoms with Crippen molar-refractivity contribution in [3.8, 4) is 0 Å². The molecule has 26 heavy (non-hydrogen) atoms. The number of hydrogen-bond acceptors (Lipinski definition) is 4. The fourth-order valence-electron chi connectivity index (χ4n) is 2.60. The van der Waals surface area contributed by atoms with Gasteiger partial charge in [-0.1, -0.05) is 49.2 Å². The van der Waals surface area contributed by atoms with Gasteiger partial charge in [0.1, 0.15) is 10.6 Å². The number of nitrogens with one attached hydrogen (secondary N) is 1. The molecule has 0 saturated heterocycles. The lowest BCUT2D eigenvalue weighted by molar-refractivity contribution is 0.0503. The number of fused-ring (bicyclic) bond motifs is 1. The van der Waals surface area contributed by atoms with Gasteiger partial charge in [-0.05, 0) is 31.5 Å². The molecular formula is C21H21NO3S. The average molecular weight is 367 g/mol. The van der Waals surface area contributed by atoms with Crippen LogP contribution in [0.4, 0.5) is 5.00 Å². The average Bonchev–Trinajstić information content (AvgIpc) is 3.00. The summed E-state index contributed by atoms with van der Waals surface area (Å²) in [6.07, 6.45) is 1.77. The van der Waals surface area contributed by atoms with Crippen molar-refractivity contribution in [2.24, 2.45) is 0 Å². The van der Waals surface area contributed by atoms with Crippen LogP contribution in [-0.4, -0.2) is 18.5 Å². The van der Waals surface area contributed by atoms with Gasteiger partial charge >= 0.3 is 5.97 Å². The molecule has 1 aromatic heterocycles. The Morgan fingerprint density at radius 3 is 2.54 bits per heavy atom. The van der Waals surface area contributed by atoms with E-state index in [1.54, 1.807) is 12.1 Å². The fourth-order valence-corrected chi connectivity index (χ4v) is 3.68. The van der Waals surface area contributed by atoms with Crippen molar-refractivity contribution in [2.45, 2.75) is 26.7 Å². The molecule has 0 atom stereocenters. The number of anilines is 1. The number of aryl methyl sites for hydroxylation is 1. The monoisotopic (exact) mass is 367 g/mol. The van der Waals surface area contributed by atoms with Crippen molar-refractivity contribution in [2.75, 3.05) is 11.9 Å². The summed E-state index contributed by atoms with van der Waals surface area (Å²) in [7, 11) is 0. The number of unbranched alkanes of at least 4 members (excludes halogenated alkanes) is 1. The third-order valence-electron chi connectivity index (χ3n) is 4.07. The van der Waals surface area contributed by atoms with E-state index in [9.17, 15) is 9.59 Å². The predicted molar refractivity (Wildman–Crippen MR) is 106 cm³/mol. The third kappa shape index (κ3) is 3.94. The maximum absolute atomic E-state index is 12.6. The molecule has 0 fully saturated rings. The van der Waals surface area contributed by atoms with Crippen molar-refractivity contribution >= 4 is 38.3 Å². The molecule has 0 aliphatic carbocycles. The van der Waals surface area contributed by atoms with Gasteiger partial charge < -0.3 is 10.1 Å². The molecule has 0 spiro atoms. The lowest BCUT2D eigenvalue weighted by Gasteiger charge is -2.08. The molecule has 4 nitrogen and oxygen atoms in total. The van der Waals surface area contributed by atoms with Crippen molar-refractivity contribution in [3.63, 3.8) is 0 Å². The van der Waals surface area contributed by atoms with E-state index >= 15 is 0 Å². The first-order chi connectivity index (χ1) is 12.6. The Labute approximate surface area is 156 Å². The second kappa shape index (κ2) is 8.15. The van der Waals surface area contributed by atoms with Gasteiger partial charge in [0.15, 0.2) is 0 Å². The van der Waals surface area contributed by atoms with E-state index in [0.717, 1.165) is 28.5 Å². The molecule has 3 aromatic rings. The molecule has 1 heterocycles. The SMILES string of the molecule is CCCCOC(=O)c1c(NC(=O)c2ccc(C)cc2)sc2ccccc12. The van der Waals surface area contributed by atoms with Crippen LogP contribution < -0.4 is 5.32 Å². The van der Waals surface area contributed by atoms with Crippen LogP contribution in [0.15, 0.2) is 48.5 Å². The highest BCUT2D eigenvalue weighted by molar-refractivity contribution is 7.23. The molecule has 0 unspecified atom stereocenters. The van der Waals surface area contributed by atoms with Gasteiger partial charge in [0, 0.05) is 15.6 Å². The minimum atomic E-state index is -0.393. The molecule has 2 aromatic carbocycles. The zero-order chi connectivity index (χ0) is 18.5. The first kappa shape index (κ1) is 18.1. The van der Waals surface area contributed by atoms with E-state index in [1.165, 1.54) is 11.3 Å². The molecule has 5 heteroatoms. The third-order valence-corrected chi connectivity index (χ3v) is 5.16. The molecular weight excluding hydrogens is 346 g/mol. The van der Waals surface area contributed by atoms with E-state index in [4.69, 9.17) is 4.74 Å². The Balaban J connectivity index is 1.91. The molecule has 0 saturated carbocycles. The zero-order valence-corrected chi connectivity index (χ0v) is 15.7. The van der Waals surface area contributed by atoms with Crippen LogP contribution in [-0.2, 0) is 4.74 Å². The Kier molecular flexibility index (Phi) is 5.68. The predicted octanol–water partition coefficient (Wildman–Crippen LogP) is 5.42. The van der Waals surface area contributed by atoms with Gasteiger partial charge in [-0.2, -0.15) is 0 Å². The molecule has 0 bridgehead atoms. The largest absolute Gasteiger partial charge is 0.462 e. The summed E-state index contributed by atoms with van der Waals surface area (Å²) in [4.78, 5) is 25.2. The number of hydrogen-bond donors (Lipinski definition) is 1. The highest BCUT2D eigenvalue weighted by atomic mass is 32.1. The van der Waals surface area contributed by atoms with Gasteiger partial charge in [-0.25, -0.2) is 4.79 Å². The Morgan fingerprint density at radius 2 is 1.81 bits per heavy atom. The highest BCUT2D eigenvalue weighted by Gasteiger charge is 2.22. The maximum atomic E-state index is 12.6. The summed E-state index contributed by atoms with van der Waals surface area (Å²) < 4.78 is 6.33. The van der Waals surface area contributed by atoms with Crippen LogP contribution in [0, 0.1) is 6.92 Å². The standard InChI is InChI=1S/C21H21NO3S/c1-3-4-13-25-21(24)18-16-7-5-6-8-17(16)26-20(18)22-19(23)15-11-9-14(2)10-12-15/h5-12H,3-4,13H2,1-2H3,(H,22,23). The Bertz CT molecular complexity index is 928. The second-order valence-electron chi connectivity index (χ2n) is 6.11. The lowest BCUT2D eigenvalue weighted by Crippen LogP contribution is -2.14. The first-order valence-corrected chi connectivity index (χ1v) is 9.48. The number of carbonyl (C=O) groups excluding carboxylic acids is 2. The summed E-state index contributed by atoms with van der Waals surface area (Å²) in [6.45, 7) is 4.39. The van der Waals surface area contributed by atoms with Crippen LogP contribution in [0.5, 0.6) is 0 Å². The van der Waals surface area contributed by atoms with Crippen LogP contribution in [0.25, 0.3) is 10.1 Å². The Morgan fingerprint density at radius 1 is 1.08 bits per heavy atom. The maximum Gasteiger partial charge on any atom is 0.341 e. The second-order valence-corrected chi connectivity index (χ2v) is 7.16. The number of benzene rings is 2. The van der Waals surface area contributed by atoms with E-state index in [-0.39, 0.29) is 5.91 Å². The fraction of sp³-hybridized carbons (Fsp3) is 0.238. The number of esters is 1. The van der Waals surface area contributed by atoms with Crippen LogP contribution in [0.3, 0.4) is 0 Å². The zero-order valence-electron chi connectivity index (χ0n) is 14.9. The molecule has 0 aliphatic heterocycles. The van der Waals surface area contributed by atoms with Crippen molar-refractivity contribution in [1.29, 1.82) is 0 Å². The van der Waals surface area contributed by atoms with E-state index in [1.807, 2.05) is 50.2 Å². The van der Waals surface area contributed by atoms with Gasteiger partial charge in [-0.15, -0.1) is 11.3 Å². The Hall–Kier alpha value is -2.66. The topological polar surface area (TPSA) is 55.4 Å². The highest BCUT2D eigenvalue weighted by Crippen LogP contribution is 2.36. The van der Waals surface area contributed by atoms with Gasteiger partial charge in [-0.3, -0.25) is 4.79 Å². The van der Waals surface area contributed by atoms with Crippen molar-refractivity contribution < 1.29 is 14.3 Å². The summed E-state index contributed by atoms with van der Waals surface area (Å²) in [5.41, 5.74) is 2.07. The smallest absolute Gasteiger partial charge is 0.341 e. The molecule has 0 radical (unpaired) electrons. The van der Waals surface area contributed by atoms with Crippen LogP contribution >= 0.6 is 11.3 Å². The quantitative estimate of drug-likeness (QED) is 0.467. The molecule has 1 amide bonds. The van der Waals surface area contributed by atoms with Gasteiger partial charge in [0.2, 0.25) is 0 Å². The van der Waals surface area contributed by atoms with Gasteiger partial charge in [0.25, 0.3) is 5.91 Å². The summed E-state index contributed by atoms with van der Waals surface area (Å²) in [6, 6.07) is 14.9. The summed E-state index contributed by atoms with van der Waals surface area (Å²) >= 11 is 1.38. The van der Waals surface area contributed by atoms with Gasteiger partial charge in [0.05, 0.1) is 6.61 Å². The van der Waals surface area contributed by atoms with Crippen LogP contribution in [0.1, 0.15) is 46.0 Å². The number of thiophene rings is 1.